The molecule has 0 rings (SSSR count). The maximum absolute atomic E-state index is 10.1. The quantitative estimate of drug-likeness (QED) is 0.413. The van der Waals surface area contributed by atoms with Crippen LogP contribution in [0.4, 0.5) is 0 Å². The summed E-state index contributed by atoms with van der Waals surface area (Å²) in [6.45, 7) is 4.62. The monoisotopic (exact) mass is 301 g/mol. The Labute approximate surface area is 65.0 Å². The topological polar surface area (TPSA) is 40.1 Å². The summed E-state index contributed by atoms with van der Waals surface area (Å²) in [4.78, 5) is 10.1. The van der Waals surface area contributed by atoms with E-state index in [1.54, 1.807) is 14.1 Å². The summed E-state index contributed by atoms with van der Waals surface area (Å²) in [5.74, 6) is 0. The summed E-state index contributed by atoms with van der Waals surface area (Å²) in [6.07, 6.45) is 0. The number of hydrogen-bond donors (Lipinski definition) is 0. The van der Waals surface area contributed by atoms with Crippen LogP contribution in [0, 0.1) is 6.66 Å². The van der Waals surface area contributed by atoms with Gasteiger partial charge in [-0.05, 0) is 0 Å². The molecule has 0 saturated carbocycles. The summed E-state index contributed by atoms with van der Waals surface area (Å²) in [7, 11) is -1.65. The Kier molecular flexibility index (Phi) is 7.01. The van der Waals surface area contributed by atoms with Gasteiger partial charge in [0.05, 0.1) is 0 Å². The van der Waals surface area contributed by atoms with Crippen LogP contribution in [-0.4, -0.2) is 13.3 Å². The minimum atomic E-state index is -3.22. The molecule has 0 aromatic heterocycles. The fraction of sp³-hybridized carbons (Fsp3) is 0.667. The van der Waals surface area contributed by atoms with E-state index in [1.165, 1.54) is 0 Å². The maximum Gasteiger partial charge on any atom is 0.110 e. The van der Waals surface area contributed by atoms with E-state index in [-0.39, 0.29) is 27.1 Å². The van der Waals surface area contributed by atoms with Crippen LogP contribution in [0.3, 0.4) is 0 Å². The summed E-state index contributed by atoms with van der Waals surface area (Å²) in [6, 6.07) is 0.104. The molecule has 47 valence electrons. The van der Waals surface area contributed by atoms with Gasteiger partial charge in [-0.25, -0.2) is 0 Å². The van der Waals surface area contributed by atoms with Gasteiger partial charge in [0, 0.05) is 21.1 Å². The minimum Gasteiger partial charge on any atom is -0.823 e. The largest absolute Gasteiger partial charge is 0.823 e. The van der Waals surface area contributed by atoms with E-state index in [0.29, 0.717) is 0 Å². The second-order valence-electron chi connectivity index (χ2n) is 1.41. The molecular formula is C3H7BO2PW-2. The Hall–Kier alpha value is 0.943. The molecule has 0 aromatic carbocycles. The van der Waals surface area contributed by atoms with E-state index >= 15 is 0 Å². The molecule has 5 heteroatoms. The number of rotatable bonds is 2. The molecule has 1 unspecified atom stereocenters. The van der Waals surface area contributed by atoms with Crippen molar-refractivity contribution in [1.82, 2.24) is 0 Å². The Balaban J connectivity index is 0. The zero-order valence-corrected chi connectivity index (χ0v) is 8.49. The van der Waals surface area contributed by atoms with Crippen LogP contribution >= 0.6 is 7.37 Å². The molecule has 0 saturated heterocycles. The smallest absolute Gasteiger partial charge is 0.110 e. The third-order valence-electron chi connectivity index (χ3n) is 0.461. The van der Waals surface area contributed by atoms with Gasteiger partial charge in [0.25, 0.3) is 0 Å². The van der Waals surface area contributed by atoms with Gasteiger partial charge < -0.3 is 9.46 Å². The minimum absolute atomic E-state index is 0. The van der Waals surface area contributed by atoms with Gasteiger partial charge in [0.15, 0.2) is 0 Å². The predicted octanol–water partition coefficient (Wildman–Crippen LogP) is 0.124. The van der Waals surface area contributed by atoms with E-state index in [0.717, 1.165) is 0 Å². The van der Waals surface area contributed by atoms with Gasteiger partial charge in [-0.15, -0.1) is 7.37 Å². The first-order valence-electron chi connectivity index (χ1n) is 1.98. The van der Waals surface area contributed by atoms with Crippen LogP contribution < -0.4 is 4.89 Å². The van der Waals surface area contributed by atoms with Gasteiger partial charge in [-0.2, -0.15) is 0 Å². The summed E-state index contributed by atoms with van der Waals surface area (Å²) in [5.41, 5.74) is 0. The Morgan fingerprint density at radius 3 is 2.25 bits per heavy atom. The van der Waals surface area contributed by atoms with Crippen LogP contribution in [0.25, 0.3) is 0 Å². The van der Waals surface area contributed by atoms with Gasteiger partial charge >= 0.3 is 0 Å². The second kappa shape index (κ2) is 4.79. The molecular weight excluding hydrogens is 294 g/mol. The van der Waals surface area contributed by atoms with Crippen molar-refractivity contribution in [2.45, 2.75) is 6.82 Å². The molecule has 1 radical (unpaired) electrons. The van der Waals surface area contributed by atoms with Crippen molar-refractivity contribution in [3.05, 3.63) is 6.66 Å². The third-order valence-corrected chi connectivity index (χ3v) is 1.38. The van der Waals surface area contributed by atoms with Crippen molar-refractivity contribution < 1.29 is 30.5 Å². The maximum atomic E-state index is 10.1. The first kappa shape index (κ1) is 11.7. The predicted molar refractivity (Wildman–Crippen MR) is 29.4 cm³/mol. The van der Waals surface area contributed by atoms with Gasteiger partial charge in [0.2, 0.25) is 0 Å². The van der Waals surface area contributed by atoms with E-state index in [1.807, 2.05) is 0 Å². The van der Waals surface area contributed by atoms with Crippen molar-refractivity contribution in [2.75, 3.05) is 6.06 Å². The normalized spacial score (nSPS) is 15.9. The van der Waals surface area contributed by atoms with E-state index in [9.17, 15) is 9.46 Å². The first-order valence-corrected chi connectivity index (χ1v) is 3.98. The molecule has 0 aliphatic rings. The molecule has 0 aliphatic carbocycles. The van der Waals surface area contributed by atoms with Crippen LogP contribution in [0.2, 0.25) is 6.82 Å². The van der Waals surface area contributed by atoms with Crippen LogP contribution in [-0.2, 0) is 25.6 Å². The van der Waals surface area contributed by atoms with Crippen molar-refractivity contribution in [1.29, 1.82) is 0 Å². The zero-order chi connectivity index (χ0) is 5.91. The average Bonchev–Trinajstić information content (AvgIpc) is 1.30. The molecule has 0 amide bonds. The molecule has 0 spiro atoms. The van der Waals surface area contributed by atoms with E-state index in [2.05, 4.69) is 6.66 Å². The molecule has 0 N–H and O–H groups in total. The van der Waals surface area contributed by atoms with Gasteiger partial charge in [-0.3, -0.25) is 6.66 Å². The standard InChI is InChI=1S/C3H8BO2P.W/c1-4-3-7(2,5)6;/h2-3H2,1H3,(H,5,6);/q-1;/p-1. The summed E-state index contributed by atoms with van der Waals surface area (Å²) < 4.78 is 10.1. The van der Waals surface area contributed by atoms with Crippen molar-refractivity contribution in [3.63, 3.8) is 0 Å². The van der Waals surface area contributed by atoms with Crippen molar-refractivity contribution in [3.8, 4) is 0 Å². The second-order valence-corrected chi connectivity index (χ2v) is 3.40. The SMILES string of the molecule is [CH2-]P(=O)([O-])C[B]C.[W]. The fourth-order valence-corrected chi connectivity index (χ4v) is 0.835. The Morgan fingerprint density at radius 1 is 1.88 bits per heavy atom. The number of hydrogen-bond acceptors (Lipinski definition) is 2. The molecule has 0 bridgehead atoms. The van der Waals surface area contributed by atoms with Gasteiger partial charge in [0.1, 0.15) is 7.28 Å². The summed E-state index contributed by atoms with van der Waals surface area (Å²) in [5, 5.41) is 0. The molecule has 0 aliphatic heterocycles. The molecule has 8 heavy (non-hydrogen) atoms. The zero-order valence-electron chi connectivity index (χ0n) is 4.66. The van der Waals surface area contributed by atoms with Crippen molar-refractivity contribution in [2.24, 2.45) is 0 Å². The van der Waals surface area contributed by atoms with E-state index in [4.69, 9.17) is 0 Å². The van der Waals surface area contributed by atoms with Gasteiger partial charge in [-0.1, -0.05) is 12.9 Å². The summed E-state index contributed by atoms with van der Waals surface area (Å²) >= 11 is 0. The Morgan fingerprint density at radius 2 is 2.25 bits per heavy atom. The average molecular weight is 301 g/mol. The van der Waals surface area contributed by atoms with Crippen LogP contribution in [0.15, 0.2) is 0 Å². The van der Waals surface area contributed by atoms with Crippen LogP contribution in [0.5, 0.6) is 0 Å². The third kappa shape index (κ3) is 10.0. The Bertz CT molecular complexity index is 91.3. The molecule has 0 fully saturated rings. The van der Waals surface area contributed by atoms with Crippen molar-refractivity contribution >= 4 is 14.6 Å². The molecule has 0 heterocycles. The van der Waals surface area contributed by atoms with Crippen LogP contribution in [0.1, 0.15) is 0 Å². The molecule has 2 nitrogen and oxygen atoms in total. The molecule has 1 atom stereocenters. The molecule has 0 aromatic rings. The fourth-order valence-electron chi connectivity index (χ4n) is 0.278. The first-order chi connectivity index (χ1) is 3.06. The van der Waals surface area contributed by atoms with E-state index < -0.39 is 7.37 Å².